The predicted molar refractivity (Wildman–Crippen MR) is 63.5 cm³/mol. The molecule has 1 unspecified atom stereocenters. The Balaban J connectivity index is 2.22. The van der Waals surface area contributed by atoms with Gasteiger partial charge in [0.05, 0.1) is 7.11 Å². The Bertz CT molecular complexity index is 367. The number of pyridine rings is 1. The molecule has 16 heavy (non-hydrogen) atoms. The van der Waals surface area contributed by atoms with Crippen LogP contribution >= 0.6 is 0 Å². The number of likely N-dealkylation sites (tertiary alicyclic amines) is 1. The molecule has 0 spiro atoms. The number of methoxy groups -OCH3 is 1. The third-order valence-corrected chi connectivity index (χ3v) is 3.18. The van der Waals surface area contributed by atoms with Gasteiger partial charge in [-0.3, -0.25) is 0 Å². The number of likely N-dealkylation sites (N-methyl/N-ethyl adjacent to an activating group) is 1. The Kier molecular flexibility index (Phi) is 3.41. The van der Waals surface area contributed by atoms with Gasteiger partial charge in [-0.05, 0) is 26.1 Å². The second-order valence-corrected chi connectivity index (χ2v) is 4.36. The van der Waals surface area contributed by atoms with Crippen LogP contribution in [0.2, 0.25) is 0 Å². The average molecular weight is 221 g/mol. The van der Waals surface area contributed by atoms with Gasteiger partial charge in [0.2, 0.25) is 5.88 Å². The standard InChI is InChI=1S/C12H19N3O/c1-15-6-5-10(8-15)11-4-3-9(7-13)12(14-11)16-2/h3-4,10H,5-8,13H2,1-2H3. The van der Waals surface area contributed by atoms with E-state index >= 15 is 0 Å². The van der Waals surface area contributed by atoms with Crippen molar-refractivity contribution in [2.24, 2.45) is 5.73 Å². The summed E-state index contributed by atoms with van der Waals surface area (Å²) in [5.41, 5.74) is 7.72. The number of hydrogen-bond acceptors (Lipinski definition) is 4. The van der Waals surface area contributed by atoms with E-state index in [0.29, 0.717) is 18.3 Å². The van der Waals surface area contributed by atoms with Gasteiger partial charge in [0.25, 0.3) is 0 Å². The maximum atomic E-state index is 5.62. The van der Waals surface area contributed by atoms with E-state index in [1.165, 1.54) is 6.42 Å². The van der Waals surface area contributed by atoms with E-state index in [4.69, 9.17) is 10.5 Å². The Hall–Kier alpha value is -1.13. The molecule has 0 radical (unpaired) electrons. The van der Waals surface area contributed by atoms with Gasteiger partial charge in [-0.2, -0.15) is 0 Å². The van der Waals surface area contributed by atoms with Crippen LogP contribution in [-0.4, -0.2) is 37.1 Å². The molecule has 0 saturated carbocycles. The molecule has 1 fully saturated rings. The lowest BCUT2D eigenvalue weighted by molar-refractivity contribution is 0.387. The highest BCUT2D eigenvalue weighted by Crippen LogP contribution is 2.27. The second-order valence-electron chi connectivity index (χ2n) is 4.36. The lowest BCUT2D eigenvalue weighted by Crippen LogP contribution is -2.14. The molecule has 4 heteroatoms. The molecule has 2 N–H and O–H groups in total. The Morgan fingerprint density at radius 1 is 1.56 bits per heavy atom. The molecule has 2 rings (SSSR count). The van der Waals surface area contributed by atoms with Crippen molar-refractivity contribution >= 4 is 0 Å². The van der Waals surface area contributed by atoms with E-state index in [0.717, 1.165) is 24.3 Å². The fourth-order valence-corrected chi connectivity index (χ4v) is 2.22. The Morgan fingerprint density at radius 2 is 2.38 bits per heavy atom. The van der Waals surface area contributed by atoms with Crippen LogP contribution in [-0.2, 0) is 6.54 Å². The summed E-state index contributed by atoms with van der Waals surface area (Å²) in [6, 6.07) is 4.11. The molecule has 1 saturated heterocycles. The quantitative estimate of drug-likeness (QED) is 0.826. The third kappa shape index (κ3) is 2.18. The summed E-state index contributed by atoms with van der Waals surface area (Å²) in [7, 11) is 3.79. The van der Waals surface area contributed by atoms with Crippen molar-refractivity contribution in [3.63, 3.8) is 0 Å². The van der Waals surface area contributed by atoms with Crippen molar-refractivity contribution in [2.75, 3.05) is 27.2 Å². The van der Waals surface area contributed by atoms with E-state index in [-0.39, 0.29) is 0 Å². The van der Waals surface area contributed by atoms with Gasteiger partial charge in [-0.1, -0.05) is 6.07 Å². The number of nitrogens with zero attached hydrogens (tertiary/aromatic N) is 2. The molecule has 88 valence electrons. The van der Waals surface area contributed by atoms with Crippen LogP contribution in [0.1, 0.15) is 23.6 Å². The van der Waals surface area contributed by atoms with Crippen LogP contribution in [0.25, 0.3) is 0 Å². The average Bonchev–Trinajstić information content (AvgIpc) is 2.75. The van der Waals surface area contributed by atoms with Gasteiger partial charge in [0, 0.05) is 30.3 Å². The number of ether oxygens (including phenoxy) is 1. The van der Waals surface area contributed by atoms with Crippen molar-refractivity contribution in [1.29, 1.82) is 0 Å². The number of nitrogens with two attached hydrogens (primary N) is 1. The summed E-state index contributed by atoms with van der Waals surface area (Å²) < 4.78 is 5.26. The zero-order valence-corrected chi connectivity index (χ0v) is 9.94. The topological polar surface area (TPSA) is 51.4 Å². The summed E-state index contributed by atoms with van der Waals surface area (Å²) in [6.45, 7) is 2.70. The van der Waals surface area contributed by atoms with E-state index in [2.05, 4.69) is 23.0 Å². The van der Waals surface area contributed by atoms with Crippen LogP contribution in [0.15, 0.2) is 12.1 Å². The first-order valence-electron chi connectivity index (χ1n) is 5.67. The Labute approximate surface area is 96.4 Å². The number of hydrogen-bond donors (Lipinski definition) is 1. The first kappa shape index (κ1) is 11.4. The Morgan fingerprint density at radius 3 is 2.94 bits per heavy atom. The highest BCUT2D eigenvalue weighted by atomic mass is 16.5. The van der Waals surface area contributed by atoms with Crippen LogP contribution in [0.4, 0.5) is 0 Å². The fourth-order valence-electron chi connectivity index (χ4n) is 2.22. The number of aromatic nitrogens is 1. The van der Waals surface area contributed by atoms with Gasteiger partial charge in [-0.25, -0.2) is 4.98 Å². The van der Waals surface area contributed by atoms with Gasteiger partial charge >= 0.3 is 0 Å². The third-order valence-electron chi connectivity index (χ3n) is 3.18. The SMILES string of the molecule is COc1nc(C2CCN(C)C2)ccc1CN. The molecule has 2 heterocycles. The maximum absolute atomic E-state index is 5.62. The first-order chi connectivity index (χ1) is 7.74. The summed E-state index contributed by atoms with van der Waals surface area (Å²) >= 11 is 0. The lowest BCUT2D eigenvalue weighted by atomic mass is 10.0. The lowest BCUT2D eigenvalue weighted by Gasteiger charge is -2.12. The largest absolute Gasteiger partial charge is 0.481 e. The highest BCUT2D eigenvalue weighted by Gasteiger charge is 2.22. The van der Waals surface area contributed by atoms with Crippen LogP contribution in [0, 0.1) is 0 Å². The van der Waals surface area contributed by atoms with Crippen LogP contribution in [0.5, 0.6) is 5.88 Å². The molecule has 0 bridgehead atoms. The molecule has 0 aliphatic carbocycles. The summed E-state index contributed by atoms with van der Waals surface area (Å²) in [4.78, 5) is 6.88. The first-order valence-corrected chi connectivity index (χ1v) is 5.67. The normalized spacial score (nSPS) is 21.3. The minimum absolute atomic E-state index is 0.473. The second kappa shape index (κ2) is 4.80. The molecule has 1 aromatic heterocycles. The molecule has 1 atom stereocenters. The molecular formula is C12H19N3O. The maximum Gasteiger partial charge on any atom is 0.217 e. The van der Waals surface area contributed by atoms with E-state index < -0.39 is 0 Å². The monoisotopic (exact) mass is 221 g/mol. The zero-order chi connectivity index (χ0) is 11.5. The van der Waals surface area contributed by atoms with Gasteiger partial charge in [0.1, 0.15) is 0 Å². The fraction of sp³-hybridized carbons (Fsp3) is 0.583. The molecule has 1 aliphatic rings. The van der Waals surface area contributed by atoms with Crippen molar-refractivity contribution in [3.8, 4) is 5.88 Å². The molecule has 0 amide bonds. The minimum Gasteiger partial charge on any atom is -0.481 e. The van der Waals surface area contributed by atoms with Crippen molar-refractivity contribution in [1.82, 2.24) is 9.88 Å². The molecule has 1 aliphatic heterocycles. The van der Waals surface area contributed by atoms with E-state index in [1.807, 2.05) is 6.07 Å². The summed E-state index contributed by atoms with van der Waals surface area (Å²) in [5, 5.41) is 0. The van der Waals surface area contributed by atoms with Crippen molar-refractivity contribution in [3.05, 3.63) is 23.4 Å². The minimum atomic E-state index is 0.473. The van der Waals surface area contributed by atoms with Gasteiger partial charge in [0.15, 0.2) is 0 Å². The predicted octanol–water partition coefficient (Wildman–Crippen LogP) is 0.968. The van der Waals surface area contributed by atoms with Gasteiger partial charge < -0.3 is 15.4 Å². The van der Waals surface area contributed by atoms with Crippen molar-refractivity contribution in [2.45, 2.75) is 18.9 Å². The molecular weight excluding hydrogens is 202 g/mol. The highest BCUT2D eigenvalue weighted by molar-refractivity contribution is 5.29. The van der Waals surface area contributed by atoms with Crippen LogP contribution in [0.3, 0.4) is 0 Å². The van der Waals surface area contributed by atoms with Crippen LogP contribution < -0.4 is 10.5 Å². The van der Waals surface area contributed by atoms with E-state index in [9.17, 15) is 0 Å². The summed E-state index contributed by atoms with van der Waals surface area (Å²) in [5.74, 6) is 1.21. The van der Waals surface area contributed by atoms with Crippen molar-refractivity contribution < 1.29 is 4.74 Å². The number of rotatable bonds is 3. The molecule has 4 nitrogen and oxygen atoms in total. The van der Waals surface area contributed by atoms with E-state index in [1.54, 1.807) is 7.11 Å². The molecule has 1 aromatic rings. The zero-order valence-electron chi connectivity index (χ0n) is 9.94. The van der Waals surface area contributed by atoms with Gasteiger partial charge in [-0.15, -0.1) is 0 Å². The molecule has 0 aromatic carbocycles. The smallest absolute Gasteiger partial charge is 0.217 e. The summed E-state index contributed by atoms with van der Waals surface area (Å²) in [6.07, 6.45) is 1.18.